The number of nitrogens with two attached hydrogens (primary N) is 1. The smallest absolute Gasteiger partial charge is 0.00670 e. The van der Waals surface area contributed by atoms with E-state index in [0.29, 0.717) is 0 Å². The highest BCUT2D eigenvalue weighted by Crippen LogP contribution is 2.17. The topological polar surface area (TPSA) is 38.0 Å². The van der Waals surface area contributed by atoms with Crippen LogP contribution in [0.4, 0.5) is 0 Å². The molecule has 0 aromatic heterocycles. The second kappa shape index (κ2) is 5.56. The minimum absolute atomic E-state index is 0.827. The average molecular weight is 156 g/mol. The van der Waals surface area contributed by atoms with Gasteiger partial charge in [-0.2, -0.15) is 0 Å². The first-order chi connectivity index (χ1) is 5.43. The highest BCUT2D eigenvalue weighted by atomic mass is 14.9. The number of unbranched alkanes of at least 4 members (excludes halogenated alkanes) is 1. The third-order valence-corrected chi connectivity index (χ3v) is 2.42. The summed E-state index contributed by atoms with van der Waals surface area (Å²) in [6.45, 7) is 2.01. The molecular formula is C9H20N2. The highest BCUT2D eigenvalue weighted by molar-refractivity contribution is 4.73. The van der Waals surface area contributed by atoms with E-state index in [9.17, 15) is 0 Å². The second-order valence-corrected chi connectivity index (χ2v) is 3.43. The lowest BCUT2D eigenvalue weighted by molar-refractivity contribution is 0.509. The normalized spacial score (nSPS) is 19.4. The van der Waals surface area contributed by atoms with Crippen LogP contribution in [0.2, 0.25) is 0 Å². The first-order valence-electron chi connectivity index (χ1n) is 4.87. The van der Waals surface area contributed by atoms with Crippen molar-refractivity contribution in [1.29, 1.82) is 0 Å². The molecule has 0 aliphatic heterocycles. The molecule has 0 spiro atoms. The van der Waals surface area contributed by atoms with Crippen LogP contribution in [0.5, 0.6) is 0 Å². The van der Waals surface area contributed by atoms with Gasteiger partial charge in [-0.3, -0.25) is 0 Å². The van der Waals surface area contributed by atoms with Gasteiger partial charge in [0.1, 0.15) is 0 Å². The molecule has 0 amide bonds. The minimum atomic E-state index is 0.827. The van der Waals surface area contributed by atoms with Crippen molar-refractivity contribution in [1.82, 2.24) is 5.32 Å². The molecule has 66 valence electrons. The Labute approximate surface area is 69.5 Å². The van der Waals surface area contributed by atoms with Gasteiger partial charge in [-0.1, -0.05) is 12.8 Å². The average Bonchev–Trinajstić information content (AvgIpc) is 2.50. The predicted molar refractivity (Wildman–Crippen MR) is 48.5 cm³/mol. The Kier molecular flexibility index (Phi) is 4.55. The Morgan fingerprint density at radius 3 is 2.55 bits per heavy atom. The standard InChI is InChI=1S/C9H20N2/c10-7-3-4-8-11-9-5-1-2-6-9/h9,11H,1-8,10H2. The summed E-state index contributed by atoms with van der Waals surface area (Å²) in [5, 5.41) is 3.56. The van der Waals surface area contributed by atoms with Gasteiger partial charge in [0.05, 0.1) is 0 Å². The van der Waals surface area contributed by atoms with Gasteiger partial charge in [-0.25, -0.2) is 0 Å². The lowest BCUT2D eigenvalue weighted by Gasteiger charge is -2.10. The fourth-order valence-electron chi connectivity index (χ4n) is 1.71. The van der Waals surface area contributed by atoms with Crippen molar-refractivity contribution in [2.75, 3.05) is 13.1 Å². The Morgan fingerprint density at radius 2 is 1.91 bits per heavy atom. The summed E-state index contributed by atoms with van der Waals surface area (Å²) in [5.41, 5.74) is 5.39. The molecule has 0 heterocycles. The van der Waals surface area contributed by atoms with Crippen LogP contribution in [-0.4, -0.2) is 19.1 Å². The van der Waals surface area contributed by atoms with Gasteiger partial charge in [-0.15, -0.1) is 0 Å². The summed E-state index contributed by atoms with van der Waals surface area (Å²) in [7, 11) is 0. The van der Waals surface area contributed by atoms with Crippen LogP contribution in [0.15, 0.2) is 0 Å². The summed E-state index contributed by atoms with van der Waals surface area (Å²) in [6, 6.07) is 0.827. The van der Waals surface area contributed by atoms with Gasteiger partial charge in [0.2, 0.25) is 0 Å². The van der Waals surface area contributed by atoms with Crippen LogP contribution in [0, 0.1) is 0 Å². The molecule has 0 radical (unpaired) electrons. The zero-order chi connectivity index (χ0) is 7.94. The van der Waals surface area contributed by atoms with E-state index in [4.69, 9.17) is 5.73 Å². The monoisotopic (exact) mass is 156 g/mol. The van der Waals surface area contributed by atoms with E-state index in [-0.39, 0.29) is 0 Å². The molecule has 1 fully saturated rings. The molecule has 0 aromatic carbocycles. The van der Waals surface area contributed by atoms with Crippen molar-refractivity contribution >= 4 is 0 Å². The first kappa shape index (κ1) is 9.01. The van der Waals surface area contributed by atoms with Crippen molar-refractivity contribution < 1.29 is 0 Å². The van der Waals surface area contributed by atoms with E-state index >= 15 is 0 Å². The molecule has 0 atom stereocenters. The molecule has 0 saturated heterocycles. The van der Waals surface area contributed by atoms with E-state index in [1.807, 2.05) is 0 Å². The lowest BCUT2D eigenvalue weighted by atomic mass is 10.2. The predicted octanol–water partition coefficient (Wildman–Crippen LogP) is 1.26. The van der Waals surface area contributed by atoms with Gasteiger partial charge in [0.15, 0.2) is 0 Å². The number of hydrogen-bond acceptors (Lipinski definition) is 2. The molecule has 11 heavy (non-hydrogen) atoms. The van der Waals surface area contributed by atoms with E-state index in [0.717, 1.165) is 12.6 Å². The van der Waals surface area contributed by atoms with Gasteiger partial charge >= 0.3 is 0 Å². The van der Waals surface area contributed by atoms with Gasteiger partial charge in [-0.05, 0) is 38.8 Å². The van der Waals surface area contributed by atoms with Gasteiger partial charge in [0, 0.05) is 6.04 Å². The Morgan fingerprint density at radius 1 is 1.18 bits per heavy atom. The van der Waals surface area contributed by atoms with Crippen LogP contribution < -0.4 is 11.1 Å². The maximum absolute atomic E-state index is 5.39. The Hall–Kier alpha value is -0.0800. The molecule has 3 N–H and O–H groups in total. The molecular weight excluding hydrogens is 136 g/mol. The first-order valence-corrected chi connectivity index (χ1v) is 4.87. The van der Waals surface area contributed by atoms with Gasteiger partial charge in [0.25, 0.3) is 0 Å². The summed E-state index contributed by atoms with van der Waals surface area (Å²) in [5.74, 6) is 0. The van der Waals surface area contributed by atoms with E-state index in [1.54, 1.807) is 0 Å². The quantitative estimate of drug-likeness (QED) is 0.588. The van der Waals surface area contributed by atoms with Crippen molar-refractivity contribution in [3.63, 3.8) is 0 Å². The largest absolute Gasteiger partial charge is 0.330 e. The van der Waals surface area contributed by atoms with E-state index in [2.05, 4.69) is 5.32 Å². The SMILES string of the molecule is NCCCCNC1CCCC1. The number of rotatable bonds is 5. The Balaban J connectivity index is 1.86. The summed E-state index contributed by atoms with van der Waals surface area (Å²) in [6.07, 6.45) is 8.04. The maximum atomic E-state index is 5.39. The van der Waals surface area contributed by atoms with Crippen LogP contribution >= 0.6 is 0 Å². The molecule has 2 heteroatoms. The third kappa shape index (κ3) is 3.73. The second-order valence-electron chi connectivity index (χ2n) is 3.43. The molecule has 1 aliphatic rings. The summed E-state index contributed by atoms with van der Waals surface area (Å²) < 4.78 is 0. The molecule has 0 bridgehead atoms. The van der Waals surface area contributed by atoms with Crippen molar-refractivity contribution in [2.24, 2.45) is 5.73 Å². The summed E-state index contributed by atoms with van der Waals surface area (Å²) >= 11 is 0. The lowest BCUT2D eigenvalue weighted by Crippen LogP contribution is -2.27. The number of nitrogens with one attached hydrogen (secondary N) is 1. The highest BCUT2D eigenvalue weighted by Gasteiger charge is 2.12. The third-order valence-electron chi connectivity index (χ3n) is 2.42. The van der Waals surface area contributed by atoms with E-state index in [1.165, 1.54) is 45.1 Å². The number of hydrogen-bond donors (Lipinski definition) is 2. The molecule has 1 saturated carbocycles. The van der Waals surface area contributed by atoms with Crippen molar-refractivity contribution in [2.45, 2.75) is 44.6 Å². The van der Waals surface area contributed by atoms with Crippen molar-refractivity contribution in [3.8, 4) is 0 Å². The Bertz CT molecular complexity index is 87.6. The molecule has 2 nitrogen and oxygen atoms in total. The molecule has 0 unspecified atom stereocenters. The van der Waals surface area contributed by atoms with Crippen LogP contribution in [0.3, 0.4) is 0 Å². The molecule has 1 rings (SSSR count). The fourth-order valence-corrected chi connectivity index (χ4v) is 1.71. The van der Waals surface area contributed by atoms with Gasteiger partial charge < -0.3 is 11.1 Å². The maximum Gasteiger partial charge on any atom is 0.00670 e. The minimum Gasteiger partial charge on any atom is -0.330 e. The fraction of sp³-hybridized carbons (Fsp3) is 1.00. The van der Waals surface area contributed by atoms with Crippen LogP contribution in [-0.2, 0) is 0 Å². The zero-order valence-corrected chi connectivity index (χ0v) is 7.31. The van der Waals surface area contributed by atoms with Crippen LogP contribution in [0.25, 0.3) is 0 Å². The van der Waals surface area contributed by atoms with E-state index < -0.39 is 0 Å². The van der Waals surface area contributed by atoms with Crippen molar-refractivity contribution in [3.05, 3.63) is 0 Å². The summed E-state index contributed by atoms with van der Waals surface area (Å²) in [4.78, 5) is 0. The molecule has 0 aromatic rings. The molecule has 1 aliphatic carbocycles. The van der Waals surface area contributed by atoms with Crippen LogP contribution in [0.1, 0.15) is 38.5 Å². The zero-order valence-electron chi connectivity index (χ0n) is 7.31.